The van der Waals surface area contributed by atoms with Gasteiger partial charge < -0.3 is 0 Å². The van der Waals surface area contributed by atoms with Gasteiger partial charge in [-0.15, -0.1) is 0 Å². The van der Waals surface area contributed by atoms with E-state index in [-0.39, 0.29) is 5.82 Å². The standard InChI is InChI=1S/C15H14F/c1-10-7-11(2)15(12(3)8-10)13-5-4-6-14(16)9-13/h4-5,7-9H,1-3H3. The predicted octanol–water partition coefficient (Wildman–Crippen LogP) is 4.22. The van der Waals surface area contributed by atoms with Crippen molar-refractivity contribution < 1.29 is 4.39 Å². The maximum Gasteiger partial charge on any atom is 0.131 e. The van der Waals surface area contributed by atoms with E-state index in [1.807, 2.05) is 6.07 Å². The number of hydrogen-bond acceptors (Lipinski definition) is 0. The fraction of sp³-hybridized carbons (Fsp3) is 0.200. The molecule has 81 valence electrons. The minimum absolute atomic E-state index is 0.308. The van der Waals surface area contributed by atoms with E-state index < -0.39 is 0 Å². The molecule has 0 aliphatic heterocycles. The van der Waals surface area contributed by atoms with Gasteiger partial charge in [0.2, 0.25) is 0 Å². The summed E-state index contributed by atoms with van der Waals surface area (Å²) in [5.41, 5.74) is 5.65. The summed E-state index contributed by atoms with van der Waals surface area (Å²) in [5.74, 6) is -0.308. The zero-order chi connectivity index (χ0) is 11.7. The Morgan fingerprint density at radius 3 is 2.19 bits per heavy atom. The van der Waals surface area contributed by atoms with Gasteiger partial charge in [0.15, 0.2) is 0 Å². The molecule has 16 heavy (non-hydrogen) atoms. The molecule has 0 amide bonds. The Bertz CT molecular complexity index is 504. The summed E-state index contributed by atoms with van der Waals surface area (Å²) < 4.78 is 13.1. The van der Waals surface area contributed by atoms with Gasteiger partial charge in [-0.2, -0.15) is 0 Å². The summed E-state index contributed by atoms with van der Waals surface area (Å²) in [4.78, 5) is 0. The van der Waals surface area contributed by atoms with Gasteiger partial charge in [-0.25, -0.2) is 4.39 Å². The Hall–Kier alpha value is -1.63. The molecule has 0 spiro atoms. The lowest BCUT2D eigenvalue weighted by Crippen LogP contribution is -1.90. The van der Waals surface area contributed by atoms with Gasteiger partial charge in [0, 0.05) is 6.07 Å². The molecule has 0 aromatic heterocycles. The van der Waals surface area contributed by atoms with E-state index in [9.17, 15) is 4.39 Å². The highest BCUT2D eigenvalue weighted by Gasteiger charge is 2.07. The fourth-order valence-electron chi connectivity index (χ4n) is 2.23. The van der Waals surface area contributed by atoms with Crippen molar-refractivity contribution in [2.75, 3.05) is 0 Å². The monoisotopic (exact) mass is 213 g/mol. The van der Waals surface area contributed by atoms with Crippen LogP contribution in [-0.4, -0.2) is 0 Å². The van der Waals surface area contributed by atoms with Crippen molar-refractivity contribution in [3.63, 3.8) is 0 Å². The first-order valence-electron chi connectivity index (χ1n) is 5.33. The van der Waals surface area contributed by atoms with E-state index in [1.165, 1.54) is 22.8 Å². The predicted molar refractivity (Wildman–Crippen MR) is 64.9 cm³/mol. The molecule has 1 heteroatoms. The maximum atomic E-state index is 13.1. The van der Waals surface area contributed by atoms with Gasteiger partial charge in [0.05, 0.1) is 0 Å². The summed E-state index contributed by atoms with van der Waals surface area (Å²) in [7, 11) is 0. The first-order chi connectivity index (χ1) is 7.58. The van der Waals surface area contributed by atoms with E-state index in [0.717, 1.165) is 11.1 Å². The summed E-state index contributed by atoms with van der Waals surface area (Å²) in [6.45, 7) is 6.19. The molecule has 0 saturated carbocycles. The minimum Gasteiger partial charge on any atom is -0.206 e. The van der Waals surface area contributed by atoms with Gasteiger partial charge in [0.1, 0.15) is 5.82 Å². The lowest BCUT2D eigenvalue weighted by atomic mass is 9.94. The SMILES string of the molecule is Cc1cc(C)c(-c2cc[c]c(F)c2)c(C)c1. The second-order valence-corrected chi connectivity index (χ2v) is 4.20. The van der Waals surface area contributed by atoms with E-state index in [1.54, 1.807) is 6.07 Å². The Labute approximate surface area is 95.7 Å². The first kappa shape index (κ1) is 10.9. The summed E-state index contributed by atoms with van der Waals surface area (Å²) in [6.07, 6.45) is 0. The minimum atomic E-state index is -0.308. The number of hydrogen-bond donors (Lipinski definition) is 0. The quantitative estimate of drug-likeness (QED) is 0.665. The molecule has 0 aliphatic carbocycles. The summed E-state index contributed by atoms with van der Waals surface area (Å²) >= 11 is 0. The molecule has 0 aliphatic rings. The van der Waals surface area contributed by atoms with Crippen LogP contribution in [0.1, 0.15) is 16.7 Å². The van der Waals surface area contributed by atoms with Crippen molar-refractivity contribution >= 4 is 0 Å². The zero-order valence-corrected chi connectivity index (χ0v) is 9.76. The van der Waals surface area contributed by atoms with E-state index in [0.29, 0.717) is 0 Å². The van der Waals surface area contributed by atoms with E-state index in [4.69, 9.17) is 0 Å². The van der Waals surface area contributed by atoms with Crippen molar-refractivity contribution in [1.29, 1.82) is 0 Å². The van der Waals surface area contributed by atoms with E-state index in [2.05, 4.69) is 39.0 Å². The molecular formula is C15H14F. The highest BCUT2D eigenvalue weighted by molar-refractivity contribution is 5.71. The maximum absolute atomic E-state index is 13.1. The normalized spacial score (nSPS) is 10.5. The first-order valence-corrected chi connectivity index (χ1v) is 5.33. The second kappa shape index (κ2) is 4.09. The Balaban J connectivity index is 2.64. The largest absolute Gasteiger partial charge is 0.206 e. The lowest BCUT2D eigenvalue weighted by molar-refractivity contribution is 0.626. The topological polar surface area (TPSA) is 0 Å². The summed E-state index contributed by atoms with van der Waals surface area (Å²) in [6, 6.07) is 11.8. The number of benzene rings is 2. The molecule has 0 heterocycles. The third-order valence-electron chi connectivity index (χ3n) is 2.73. The van der Waals surface area contributed by atoms with Crippen molar-refractivity contribution in [3.8, 4) is 11.1 Å². The molecule has 0 bridgehead atoms. The molecule has 0 unspecified atom stereocenters. The smallest absolute Gasteiger partial charge is 0.131 e. The van der Waals surface area contributed by atoms with E-state index >= 15 is 0 Å². The van der Waals surface area contributed by atoms with Crippen molar-refractivity contribution in [2.24, 2.45) is 0 Å². The van der Waals surface area contributed by atoms with Crippen LogP contribution in [0, 0.1) is 32.7 Å². The fourth-order valence-corrected chi connectivity index (χ4v) is 2.23. The zero-order valence-electron chi connectivity index (χ0n) is 9.76. The van der Waals surface area contributed by atoms with Gasteiger partial charge in [-0.05, 0) is 49.1 Å². The molecule has 0 atom stereocenters. The van der Waals surface area contributed by atoms with Crippen LogP contribution in [0.25, 0.3) is 11.1 Å². The van der Waals surface area contributed by atoms with Crippen molar-refractivity contribution in [3.05, 3.63) is 58.9 Å². The molecule has 2 aromatic carbocycles. The van der Waals surface area contributed by atoms with Crippen LogP contribution >= 0.6 is 0 Å². The average Bonchev–Trinajstić information content (AvgIpc) is 2.15. The molecule has 0 saturated heterocycles. The number of halogens is 1. The molecule has 0 fully saturated rings. The van der Waals surface area contributed by atoms with Gasteiger partial charge in [-0.3, -0.25) is 0 Å². The summed E-state index contributed by atoms with van der Waals surface area (Å²) in [5, 5.41) is 0. The lowest BCUT2D eigenvalue weighted by Gasteiger charge is -2.11. The number of aryl methyl sites for hydroxylation is 3. The molecule has 2 aromatic rings. The van der Waals surface area contributed by atoms with Crippen LogP contribution in [0.15, 0.2) is 30.3 Å². The molecule has 1 radical (unpaired) electrons. The third kappa shape index (κ3) is 1.99. The van der Waals surface area contributed by atoms with Crippen LogP contribution in [0.5, 0.6) is 0 Å². The van der Waals surface area contributed by atoms with Crippen LogP contribution < -0.4 is 0 Å². The van der Waals surface area contributed by atoms with Gasteiger partial charge in [-0.1, -0.05) is 29.8 Å². The van der Waals surface area contributed by atoms with Gasteiger partial charge in [0.25, 0.3) is 0 Å². The molecule has 0 nitrogen and oxygen atoms in total. The van der Waals surface area contributed by atoms with Gasteiger partial charge >= 0.3 is 0 Å². The second-order valence-electron chi connectivity index (χ2n) is 4.20. The van der Waals surface area contributed by atoms with Crippen molar-refractivity contribution in [1.82, 2.24) is 0 Å². The third-order valence-corrected chi connectivity index (χ3v) is 2.73. The molecule has 2 rings (SSSR count). The van der Waals surface area contributed by atoms with Crippen LogP contribution in [0.2, 0.25) is 0 Å². The van der Waals surface area contributed by atoms with Crippen molar-refractivity contribution in [2.45, 2.75) is 20.8 Å². The van der Waals surface area contributed by atoms with Crippen LogP contribution in [0.4, 0.5) is 4.39 Å². The molecular weight excluding hydrogens is 199 g/mol. The molecule has 0 N–H and O–H groups in total. The van der Waals surface area contributed by atoms with Crippen LogP contribution in [0.3, 0.4) is 0 Å². The highest BCUT2D eigenvalue weighted by atomic mass is 19.1. The van der Waals surface area contributed by atoms with Crippen LogP contribution in [-0.2, 0) is 0 Å². The Morgan fingerprint density at radius 2 is 1.62 bits per heavy atom. The Kier molecular flexibility index (Phi) is 2.78. The highest BCUT2D eigenvalue weighted by Crippen LogP contribution is 2.28. The Morgan fingerprint density at radius 1 is 1.00 bits per heavy atom. The average molecular weight is 213 g/mol. The number of rotatable bonds is 1.